The molecular weight excluding hydrogens is 422 g/mol. The minimum absolute atomic E-state index is 0.0457. The van der Waals surface area contributed by atoms with Crippen LogP contribution in [0.4, 0.5) is 11.5 Å². The van der Waals surface area contributed by atoms with Crippen molar-refractivity contribution in [1.82, 2.24) is 15.2 Å². The molecular formula is C24H23N5O4. The van der Waals surface area contributed by atoms with Crippen LogP contribution in [0.15, 0.2) is 72.9 Å². The molecule has 3 aromatic rings. The number of nitro groups is 1. The highest BCUT2D eigenvalue weighted by Crippen LogP contribution is 2.18. The van der Waals surface area contributed by atoms with Gasteiger partial charge in [-0.15, -0.1) is 0 Å². The molecule has 2 heterocycles. The van der Waals surface area contributed by atoms with Gasteiger partial charge in [-0.25, -0.2) is 4.98 Å². The fourth-order valence-corrected chi connectivity index (χ4v) is 3.63. The van der Waals surface area contributed by atoms with Gasteiger partial charge in [0.2, 0.25) is 0 Å². The summed E-state index contributed by atoms with van der Waals surface area (Å²) in [5.74, 6) is 0.469. The van der Waals surface area contributed by atoms with Gasteiger partial charge >= 0.3 is 0 Å². The number of benzene rings is 2. The SMILES string of the molecule is O=C(NCc1ccc(C(=O)N2CCN(c3ccc([N+](=O)[O-])cn3)CC2)cc1)c1ccccc1. The molecule has 1 fully saturated rings. The van der Waals surface area contributed by atoms with E-state index in [-0.39, 0.29) is 17.5 Å². The van der Waals surface area contributed by atoms with Gasteiger partial charge in [0.05, 0.1) is 4.92 Å². The van der Waals surface area contributed by atoms with Crippen LogP contribution in [0.25, 0.3) is 0 Å². The quantitative estimate of drug-likeness (QED) is 0.462. The van der Waals surface area contributed by atoms with Crippen molar-refractivity contribution in [3.05, 3.63) is 99.7 Å². The lowest BCUT2D eigenvalue weighted by molar-refractivity contribution is -0.385. The Hall–Kier alpha value is -4.27. The standard InChI is InChI=1S/C24H23N5O4/c30-23(19-4-2-1-3-5-19)26-16-18-6-8-20(9-7-18)24(31)28-14-12-27(13-15-28)22-11-10-21(17-25-22)29(32)33/h1-11,17H,12-16H2,(H,26,30). The van der Waals surface area contributed by atoms with E-state index in [9.17, 15) is 19.7 Å². The molecule has 0 bridgehead atoms. The highest BCUT2D eigenvalue weighted by atomic mass is 16.6. The Morgan fingerprint density at radius 1 is 0.909 bits per heavy atom. The molecule has 1 aliphatic heterocycles. The Morgan fingerprint density at radius 3 is 2.21 bits per heavy atom. The highest BCUT2D eigenvalue weighted by molar-refractivity contribution is 5.95. The number of anilines is 1. The second-order valence-corrected chi connectivity index (χ2v) is 7.66. The van der Waals surface area contributed by atoms with Gasteiger partial charge < -0.3 is 15.1 Å². The van der Waals surface area contributed by atoms with Gasteiger partial charge in [0.1, 0.15) is 12.0 Å². The lowest BCUT2D eigenvalue weighted by atomic mass is 10.1. The van der Waals surface area contributed by atoms with Gasteiger partial charge in [-0.1, -0.05) is 30.3 Å². The average Bonchev–Trinajstić information content (AvgIpc) is 2.88. The summed E-state index contributed by atoms with van der Waals surface area (Å²) >= 11 is 0. The minimum Gasteiger partial charge on any atom is -0.353 e. The average molecular weight is 445 g/mol. The number of aromatic nitrogens is 1. The van der Waals surface area contributed by atoms with Crippen molar-refractivity contribution in [2.75, 3.05) is 31.1 Å². The summed E-state index contributed by atoms with van der Waals surface area (Å²) in [7, 11) is 0. The van der Waals surface area contributed by atoms with Gasteiger partial charge in [-0.05, 0) is 35.9 Å². The molecule has 1 aliphatic rings. The Bertz CT molecular complexity index is 1130. The Balaban J connectivity index is 1.29. The number of piperazine rings is 1. The molecule has 1 saturated heterocycles. The number of hydrogen-bond donors (Lipinski definition) is 1. The predicted octanol–water partition coefficient (Wildman–Crippen LogP) is 2.88. The van der Waals surface area contributed by atoms with Crippen LogP contribution in [0.2, 0.25) is 0 Å². The lowest BCUT2D eigenvalue weighted by Gasteiger charge is -2.35. The summed E-state index contributed by atoms with van der Waals surface area (Å²) < 4.78 is 0. The van der Waals surface area contributed by atoms with Gasteiger partial charge in [0, 0.05) is 49.9 Å². The van der Waals surface area contributed by atoms with Crippen LogP contribution >= 0.6 is 0 Å². The number of nitrogens with zero attached hydrogens (tertiary/aromatic N) is 4. The third-order valence-electron chi connectivity index (χ3n) is 5.52. The molecule has 2 amide bonds. The number of hydrogen-bond acceptors (Lipinski definition) is 6. The van der Waals surface area contributed by atoms with E-state index in [1.165, 1.54) is 12.3 Å². The maximum Gasteiger partial charge on any atom is 0.287 e. The van der Waals surface area contributed by atoms with Gasteiger partial charge in [-0.3, -0.25) is 19.7 Å². The van der Waals surface area contributed by atoms with E-state index in [0.29, 0.717) is 49.7 Å². The number of pyridine rings is 1. The van der Waals surface area contributed by atoms with Gasteiger partial charge in [-0.2, -0.15) is 0 Å². The fraction of sp³-hybridized carbons (Fsp3) is 0.208. The van der Waals surface area contributed by atoms with Crippen LogP contribution in [-0.4, -0.2) is 52.8 Å². The van der Waals surface area contributed by atoms with Crippen molar-refractivity contribution in [2.24, 2.45) is 0 Å². The van der Waals surface area contributed by atoms with E-state index in [1.807, 2.05) is 35.2 Å². The molecule has 168 valence electrons. The number of amides is 2. The van der Waals surface area contributed by atoms with Gasteiger partial charge in [0.15, 0.2) is 0 Å². The topological polar surface area (TPSA) is 109 Å². The zero-order valence-electron chi connectivity index (χ0n) is 17.9. The summed E-state index contributed by atoms with van der Waals surface area (Å²) in [4.78, 5) is 43.3. The van der Waals surface area contributed by atoms with E-state index in [1.54, 1.807) is 35.2 Å². The molecule has 1 aromatic heterocycles. The van der Waals surface area contributed by atoms with Crippen LogP contribution in [0, 0.1) is 10.1 Å². The van der Waals surface area contributed by atoms with Crippen LogP contribution < -0.4 is 10.2 Å². The van der Waals surface area contributed by atoms with Gasteiger partial charge in [0.25, 0.3) is 17.5 Å². The van der Waals surface area contributed by atoms with E-state index < -0.39 is 4.92 Å². The maximum atomic E-state index is 12.9. The third kappa shape index (κ3) is 5.32. The van der Waals surface area contributed by atoms with Crippen molar-refractivity contribution in [3.63, 3.8) is 0 Å². The van der Waals surface area contributed by atoms with Crippen LogP contribution in [0.1, 0.15) is 26.3 Å². The zero-order valence-corrected chi connectivity index (χ0v) is 17.9. The molecule has 1 N–H and O–H groups in total. The Labute approximate surface area is 190 Å². The summed E-state index contributed by atoms with van der Waals surface area (Å²) in [6.07, 6.45) is 1.25. The Kier molecular flexibility index (Phi) is 6.58. The lowest BCUT2D eigenvalue weighted by Crippen LogP contribution is -2.49. The molecule has 0 saturated carbocycles. The molecule has 33 heavy (non-hydrogen) atoms. The smallest absolute Gasteiger partial charge is 0.287 e. The first-order valence-corrected chi connectivity index (χ1v) is 10.6. The van der Waals surface area contributed by atoms with E-state index in [4.69, 9.17) is 0 Å². The largest absolute Gasteiger partial charge is 0.353 e. The monoisotopic (exact) mass is 445 g/mol. The predicted molar refractivity (Wildman–Crippen MR) is 123 cm³/mol. The molecule has 4 rings (SSSR count). The second kappa shape index (κ2) is 9.90. The van der Waals surface area contributed by atoms with Crippen LogP contribution in [0.3, 0.4) is 0 Å². The molecule has 0 spiro atoms. The fourth-order valence-electron chi connectivity index (χ4n) is 3.63. The molecule has 0 radical (unpaired) electrons. The normalized spacial score (nSPS) is 13.5. The first kappa shape index (κ1) is 21.9. The molecule has 0 unspecified atom stereocenters. The van der Waals surface area contributed by atoms with E-state index >= 15 is 0 Å². The summed E-state index contributed by atoms with van der Waals surface area (Å²) in [5.41, 5.74) is 2.06. The number of carbonyl (C=O) groups excluding carboxylic acids is 2. The highest BCUT2D eigenvalue weighted by Gasteiger charge is 2.23. The molecule has 9 heteroatoms. The van der Waals surface area contributed by atoms with E-state index in [0.717, 1.165) is 5.56 Å². The van der Waals surface area contributed by atoms with Crippen molar-refractivity contribution in [2.45, 2.75) is 6.54 Å². The summed E-state index contributed by atoms with van der Waals surface area (Å²) in [5, 5.41) is 13.7. The van der Waals surface area contributed by atoms with Crippen LogP contribution in [0.5, 0.6) is 0 Å². The second-order valence-electron chi connectivity index (χ2n) is 7.66. The number of nitrogens with one attached hydrogen (secondary N) is 1. The van der Waals surface area contributed by atoms with Crippen molar-refractivity contribution in [3.8, 4) is 0 Å². The summed E-state index contributed by atoms with van der Waals surface area (Å²) in [6.45, 7) is 2.64. The number of rotatable bonds is 6. The third-order valence-corrected chi connectivity index (χ3v) is 5.52. The molecule has 2 aromatic carbocycles. The minimum atomic E-state index is -0.476. The molecule has 9 nitrogen and oxygen atoms in total. The van der Waals surface area contributed by atoms with Crippen molar-refractivity contribution >= 4 is 23.3 Å². The number of carbonyl (C=O) groups is 2. The molecule has 0 aliphatic carbocycles. The van der Waals surface area contributed by atoms with Crippen LogP contribution in [-0.2, 0) is 6.54 Å². The summed E-state index contributed by atoms with van der Waals surface area (Å²) in [6, 6.07) is 19.3. The first-order valence-electron chi connectivity index (χ1n) is 10.6. The zero-order chi connectivity index (χ0) is 23.2. The molecule has 0 atom stereocenters. The van der Waals surface area contributed by atoms with Crippen molar-refractivity contribution < 1.29 is 14.5 Å². The van der Waals surface area contributed by atoms with Crippen molar-refractivity contribution in [1.29, 1.82) is 0 Å². The maximum absolute atomic E-state index is 12.9. The van der Waals surface area contributed by atoms with E-state index in [2.05, 4.69) is 10.3 Å². The first-order chi connectivity index (χ1) is 16.0. The Morgan fingerprint density at radius 2 is 1.61 bits per heavy atom.